The van der Waals surface area contributed by atoms with Crippen molar-refractivity contribution in [1.82, 2.24) is 14.5 Å². The van der Waals surface area contributed by atoms with E-state index < -0.39 is 11.3 Å². The van der Waals surface area contributed by atoms with Gasteiger partial charge in [-0.15, -0.1) is 0 Å². The summed E-state index contributed by atoms with van der Waals surface area (Å²) in [6.45, 7) is 0.809. The Morgan fingerprint density at radius 1 is 0.871 bits per heavy atom. The second kappa shape index (κ2) is 9.78. The molecule has 1 atom stereocenters. The Bertz CT molecular complexity index is 1270. The minimum Gasteiger partial charge on any atom is -0.760 e. The molecule has 7 heteroatoms. The third-order valence-corrected chi connectivity index (χ3v) is 5.60. The highest BCUT2D eigenvalue weighted by Gasteiger charge is 2.12. The Balaban J connectivity index is 1.71. The lowest BCUT2D eigenvalue weighted by Crippen LogP contribution is -2.24. The smallest absolute Gasteiger partial charge is 0.274 e. The molecule has 0 aliphatic heterocycles. The summed E-state index contributed by atoms with van der Waals surface area (Å²) in [5.41, 5.74) is 3.67. The average Bonchev–Trinajstić information content (AvgIpc) is 2.79. The number of hydrogen-bond acceptors (Lipinski definition) is 4. The number of benzene rings is 3. The summed E-state index contributed by atoms with van der Waals surface area (Å²) in [5.74, 6) is 0. The van der Waals surface area contributed by atoms with Gasteiger partial charge < -0.3 is 4.55 Å². The van der Waals surface area contributed by atoms with Gasteiger partial charge in [0.05, 0.1) is 11.1 Å². The van der Waals surface area contributed by atoms with Crippen LogP contribution in [0.1, 0.15) is 11.1 Å². The normalized spacial score (nSPS) is 12.2. The van der Waals surface area contributed by atoms with E-state index in [9.17, 15) is 13.6 Å². The fourth-order valence-electron chi connectivity index (χ4n) is 3.63. The standard InChI is InChI=1S/C24H23N3O3S/c28-24-22-12-5-4-11-21(22)23(26-27(24)16-14-18-7-2-1-3-8-18)20-10-6-9-19(17-20)13-15-25-31(29)30/h1-12,17,25H,13-16H2,(H,29,30)/p-1. The topological polar surface area (TPSA) is 87.1 Å². The van der Waals surface area contributed by atoms with Crippen molar-refractivity contribution < 1.29 is 8.76 Å². The molecule has 4 rings (SSSR count). The summed E-state index contributed by atoms with van der Waals surface area (Å²) in [6, 6.07) is 25.4. The van der Waals surface area contributed by atoms with Crippen LogP contribution in [0.2, 0.25) is 0 Å². The Labute approximate surface area is 183 Å². The third kappa shape index (κ3) is 5.14. The van der Waals surface area contributed by atoms with Gasteiger partial charge in [0.25, 0.3) is 5.56 Å². The van der Waals surface area contributed by atoms with Crippen molar-refractivity contribution in [3.63, 3.8) is 0 Å². The van der Waals surface area contributed by atoms with Crippen LogP contribution in [-0.2, 0) is 30.7 Å². The first-order valence-corrected chi connectivity index (χ1v) is 11.1. The van der Waals surface area contributed by atoms with E-state index in [4.69, 9.17) is 5.10 Å². The number of aryl methyl sites for hydroxylation is 2. The maximum Gasteiger partial charge on any atom is 0.274 e. The number of aromatic nitrogens is 2. The van der Waals surface area contributed by atoms with Crippen molar-refractivity contribution in [3.05, 3.63) is 100 Å². The van der Waals surface area contributed by atoms with E-state index >= 15 is 0 Å². The van der Waals surface area contributed by atoms with Crippen LogP contribution in [0.4, 0.5) is 0 Å². The maximum atomic E-state index is 13.0. The summed E-state index contributed by atoms with van der Waals surface area (Å²) in [6.07, 6.45) is 1.27. The molecule has 0 amide bonds. The predicted octanol–water partition coefficient (Wildman–Crippen LogP) is 3.23. The summed E-state index contributed by atoms with van der Waals surface area (Å²) in [5, 5.41) is 6.16. The van der Waals surface area contributed by atoms with Crippen LogP contribution in [-0.4, -0.2) is 25.1 Å². The van der Waals surface area contributed by atoms with Crippen molar-refractivity contribution >= 4 is 22.0 Å². The molecule has 1 aromatic heterocycles. The third-order valence-electron chi connectivity index (χ3n) is 5.16. The molecule has 0 spiro atoms. The van der Waals surface area contributed by atoms with E-state index in [0.717, 1.165) is 27.8 Å². The molecular weight excluding hydrogens is 410 g/mol. The molecule has 0 aliphatic rings. The molecule has 0 fully saturated rings. The first kappa shape index (κ1) is 21.1. The molecule has 0 bridgehead atoms. The predicted molar refractivity (Wildman–Crippen MR) is 122 cm³/mol. The van der Waals surface area contributed by atoms with Gasteiger partial charge in [0, 0.05) is 35.3 Å². The second-order valence-electron chi connectivity index (χ2n) is 7.24. The van der Waals surface area contributed by atoms with E-state index in [1.807, 2.05) is 78.9 Å². The summed E-state index contributed by atoms with van der Waals surface area (Å²) >= 11 is -2.27. The van der Waals surface area contributed by atoms with Gasteiger partial charge in [-0.25, -0.2) is 9.40 Å². The molecule has 0 radical (unpaired) electrons. The number of nitrogens with one attached hydrogen (secondary N) is 1. The van der Waals surface area contributed by atoms with Crippen LogP contribution in [0, 0.1) is 0 Å². The molecule has 158 valence electrons. The minimum atomic E-state index is -2.27. The van der Waals surface area contributed by atoms with E-state index in [-0.39, 0.29) is 5.56 Å². The van der Waals surface area contributed by atoms with E-state index in [1.165, 1.54) is 0 Å². The van der Waals surface area contributed by atoms with Crippen LogP contribution in [0.15, 0.2) is 83.7 Å². The summed E-state index contributed by atoms with van der Waals surface area (Å²) in [7, 11) is 0. The first-order valence-electron chi connectivity index (χ1n) is 10.1. The number of fused-ring (bicyclic) bond motifs is 1. The minimum absolute atomic E-state index is 0.103. The van der Waals surface area contributed by atoms with Crippen LogP contribution in [0.25, 0.3) is 22.0 Å². The second-order valence-corrected chi connectivity index (χ2v) is 8.00. The fraction of sp³-hybridized carbons (Fsp3) is 0.167. The molecule has 3 aromatic carbocycles. The van der Waals surface area contributed by atoms with Crippen molar-refractivity contribution in [1.29, 1.82) is 0 Å². The lowest BCUT2D eigenvalue weighted by atomic mass is 10.0. The van der Waals surface area contributed by atoms with E-state index in [2.05, 4.69) is 4.72 Å². The van der Waals surface area contributed by atoms with Gasteiger partial charge in [-0.2, -0.15) is 5.10 Å². The van der Waals surface area contributed by atoms with Crippen LogP contribution in [0.3, 0.4) is 0 Å². The Hall–Kier alpha value is -3.13. The lowest BCUT2D eigenvalue weighted by Gasteiger charge is -2.13. The van der Waals surface area contributed by atoms with Gasteiger partial charge in [-0.3, -0.25) is 9.00 Å². The quantitative estimate of drug-likeness (QED) is 0.433. The molecule has 1 N–H and O–H groups in total. The molecule has 1 unspecified atom stereocenters. The molecule has 1 heterocycles. The summed E-state index contributed by atoms with van der Waals surface area (Å²) in [4.78, 5) is 13.0. The van der Waals surface area contributed by atoms with Gasteiger partial charge >= 0.3 is 0 Å². The number of hydrogen-bond donors (Lipinski definition) is 1. The van der Waals surface area contributed by atoms with E-state index in [1.54, 1.807) is 4.68 Å². The first-order chi connectivity index (χ1) is 15.1. The molecule has 4 aromatic rings. The SMILES string of the molecule is O=c1c2ccccc2c(-c2cccc(CCNS(=O)[O-])c2)nn1CCc1ccccc1. The monoisotopic (exact) mass is 432 g/mol. The van der Waals surface area contributed by atoms with Gasteiger partial charge in [-0.1, -0.05) is 66.7 Å². The van der Waals surface area contributed by atoms with Crippen LogP contribution in [0.5, 0.6) is 0 Å². The zero-order valence-corrected chi connectivity index (χ0v) is 17.7. The molecule has 0 saturated carbocycles. The van der Waals surface area contributed by atoms with Crippen molar-refractivity contribution in [3.8, 4) is 11.3 Å². The molecular formula is C24H22N3O3S-. The van der Waals surface area contributed by atoms with E-state index in [0.29, 0.717) is 31.3 Å². The largest absolute Gasteiger partial charge is 0.760 e. The Morgan fingerprint density at radius 2 is 1.58 bits per heavy atom. The van der Waals surface area contributed by atoms with Crippen molar-refractivity contribution in [2.75, 3.05) is 6.54 Å². The van der Waals surface area contributed by atoms with Crippen LogP contribution < -0.4 is 10.3 Å². The molecule has 0 aliphatic carbocycles. The molecule has 0 saturated heterocycles. The molecule has 31 heavy (non-hydrogen) atoms. The highest BCUT2D eigenvalue weighted by Crippen LogP contribution is 2.25. The van der Waals surface area contributed by atoms with Gasteiger partial charge in [0.15, 0.2) is 0 Å². The van der Waals surface area contributed by atoms with Gasteiger partial charge in [-0.05, 0) is 36.1 Å². The lowest BCUT2D eigenvalue weighted by molar-refractivity contribution is 0.523. The number of nitrogens with zero attached hydrogens (tertiary/aromatic N) is 2. The number of rotatable bonds is 8. The van der Waals surface area contributed by atoms with Crippen molar-refractivity contribution in [2.24, 2.45) is 0 Å². The average molecular weight is 433 g/mol. The Morgan fingerprint density at radius 3 is 2.35 bits per heavy atom. The highest BCUT2D eigenvalue weighted by atomic mass is 32.2. The van der Waals surface area contributed by atoms with Gasteiger partial charge in [0.1, 0.15) is 0 Å². The van der Waals surface area contributed by atoms with Gasteiger partial charge in [0.2, 0.25) is 0 Å². The molecule has 6 nitrogen and oxygen atoms in total. The fourth-order valence-corrected chi connectivity index (χ4v) is 3.90. The maximum absolute atomic E-state index is 13.0. The highest BCUT2D eigenvalue weighted by molar-refractivity contribution is 7.77. The van der Waals surface area contributed by atoms with Crippen LogP contribution >= 0.6 is 0 Å². The Kier molecular flexibility index (Phi) is 6.66. The summed E-state index contributed by atoms with van der Waals surface area (Å²) < 4.78 is 25.3. The zero-order valence-electron chi connectivity index (χ0n) is 16.9. The van der Waals surface area contributed by atoms with Crippen molar-refractivity contribution in [2.45, 2.75) is 19.4 Å². The zero-order chi connectivity index (χ0) is 21.6.